The van der Waals surface area contributed by atoms with Gasteiger partial charge in [-0.3, -0.25) is 9.79 Å². The second-order valence-corrected chi connectivity index (χ2v) is 8.07. The van der Waals surface area contributed by atoms with Gasteiger partial charge in [-0.2, -0.15) is 0 Å². The minimum absolute atomic E-state index is 0.160. The van der Waals surface area contributed by atoms with Crippen LogP contribution in [-0.4, -0.2) is 53.1 Å². The van der Waals surface area contributed by atoms with E-state index in [4.69, 9.17) is 5.11 Å². The van der Waals surface area contributed by atoms with Crippen LogP contribution in [0, 0.1) is 5.92 Å². The number of carboxylic acid groups (broad SMARTS) is 1. The van der Waals surface area contributed by atoms with Crippen LogP contribution < -0.4 is 10.2 Å². The molecule has 188 valence electrons. The van der Waals surface area contributed by atoms with Gasteiger partial charge >= 0.3 is 5.97 Å². The summed E-state index contributed by atoms with van der Waals surface area (Å²) >= 11 is 0. The van der Waals surface area contributed by atoms with Crippen molar-refractivity contribution in [3.05, 3.63) is 72.9 Å². The zero-order chi connectivity index (χ0) is 25.8. The lowest BCUT2D eigenvalue weighted by atomic mass is 9.94. The summed E-state index contributed by atoms with van der Waals surface area (Å²) < 4.78 is 38.6. The largest absolute Gasteiger partial charge is 0.481 e. The number of nitrogens with one attached hydrogen (secondary N) is 1. The number of nitrogens with zero attached hydrogens (tertiary/aromatic N) is 4. The molecule has 0 aliphatic carbocycles. The molecule has 0 saturated carbocycles. The normalized spacial score (nSPS) is 22.0. The Bertz CT molecular complexity index is 1010. The SMILES string of the molecule is C=C/C(F)=C\C(=C)c1cnc(N2CCC(CC(=O)O)CC2)nc1.CC1/C=C(F)\C(F)=C/CN=CN1. The van der Waals surface area contributed by atoms with Crippen LogP contribution in [0.3, 0.4) is 0 Å². The quantitative estimate of drug-likeness (QED) is 0.551. The average molecular weight is 490 g/mol. The van der Waals surface area contributed by atoms with Crippen LogP contribution in [0.1, 0.15) is 31.7 Å². The number of allylic oxidation sites excluding steroid dienone is 6. The molecule has 1 saturated heterocycles. The molecule has 7 nitrogen and oxygen atoms in total. The molecule has 1 atom stereocenters. The molecule has 1 unspecified atom stereocenters. The molecule has 2 N–H and O–H groups in total. The van der Waals surface area contributed by atoms with Crippen LogP contribution in [0.5, 0.6) is 0 Å². The third-order valence-electron chi connectivity index (χ3n) is 5.31. The predicted octanol–water partition coefficient (Wildman–Crippen LogP) is 4.93. The first kappa shape index (κ1) is 27.6. The molecule has 2 aliphatic heterocycles. The molecule has 0 bridgehead atoms. The van der Waals surface area contributed by atoms with Crippen molar-refractivity contribution in [2.45, 2.75) is 32.2 Å². The number of hydrogen-bond acceptors (Lipinski definition) is 6. The third kappa shape index (κ3) is 9.60. The van der Waals surface area contributed by atoms with Crippen molar-refractivity contribution in [2.75, 3.05) is 24.5 Å². The number of aliphatic imine (C=N–C) groups is 1. The number of hydrogen-bond donors (Lipinski definition) is 2. The Morgan fingerprint density at radius 3 is 2.51 bits per heavy atom. The van der Waals surface area contributed by atoms with Gasteiger partial charge < -0.3 is 15.3 Å². The summed E-state index contributed by atoms with van der Waals surface area (Å²) in [5.74, 6) is -2.07. The molecule has 0 radical (unpaired) electrons. The number of anilines is 1. The summed E-state index contributed by atoms with van der Waals surface area (Å²) in [6.07, 6.45) is 11.2. The highest BCUT2D eigenvalue weighted by Crippen LogP contribution is 2.24. The van der Waals surface area contributed by atoms with Gasteiger partial charge in [-0.05, 0) is 55.6 Å². The highest BCUT2D eigenvalue weighted by molar-refractivity contribution is 5.72. The van der Waals surface area contributed by atoms with E-state index in [1.165, 1.54) is 18.5 Å². The van der Waals surface area contributed by atoms with Gasteiger partial charge in [0.2, 0.25) is 5.95 Å². The van der Waals surface area contributed by atoms with Crippen molar-refractivity contribution in [2.24, 2.45) is 10.9 Å². The Labute approximate surface area is 203 Å². The Hall–Kier alpha value is -3.69. The average Bonchev–Trinajstić information content (AvgIpc) is 2.90. The topological polar surface area (TPSA) is 90.7 Å². The van der Waals surface area contributed by atoms with Gasteiger partial charge in [0.05, 0.1) is 12.9 Å². The fourth-order valence-electron chi connectivity index (χ4n) is 3.34. The van der Waals surface area contributed by atoms with Gasteiger partial charge in [-0.25, -0.2) is 23.1 Å². The molecule has 3 rings (SSSR count). The van der Waals surface area contributed by atoms with Gasteiger partial charge in [0.1, 0.15) is 5.83 Å². The number of halogens is 3. The Kier molecular flexibility index (Phi) is 10.9. The second kappa shape index (κ2) is 13.9. The van der Waals surface area contributed by atoms with E-state index in [0.29, 0.717) is 17.1 Å². The minimum Gasteiger partial charge on any atom is -0.481 e. The Balaban J connectivity index is 0.000000303. The van der Waals surface area contributed by atoms with Crippen molar-refractivity contribution >= 4 is 23.8 Å². The van der Waals surface area contributed by atoms with E-state index in [9.17, 15) is 18.0 Å². The van der Waals surface area contributed by atoms with E-state index in [1.54, 1.807) is 19.3 Å². The number of carbonyl (C=O) groups is 1. The monoisotopic (exact) mass is 489 g/mol. The van der Waals surface area contributed by atoms with Crippen LogP contribution in [0.4, 0.5) is 19.1 Å². The predicted molar refractivity (Wildman–Crippen MR) is 132 cm³/mol. The highest BCUT2D eigenvalue weighted by Gasteiger charge is 2.22. The van der Waals surface area contributed by atoms with Crippen molar-refractivity contribution in [3.8, 4) is 0 Å². The summed E-state index contributed by atoms with van der Waals surface area (Å²) in [7, 11) is 0. The molecule has 1 aromatic heterocycles. The lowest BCUT2D eigenvalue weighted by molar-refractivity contribution is -0.138. The standard InChI is InChI=1S/C17H20FN3O2.C8H10F2N2/c1-3-15(18)8-12(2)14-10-19-17(20-11-14)21-6-4-13(5-7-21)9-16(22)23;1-6-4-8(10)7(9)2-3-11-5-12-6/h3,8,10-11,13H,1-2,4-7,9H2,(H,22,23);2,4-6H,3H2,1H3,(H,11,12)/b15-8+;7-2+,8-4+. The van der Waals surface area contributed by atoms with Crippen LogP contribution in [-0.2, 0) is 4.79 Å². The lowest BCUT2D eigenvalue weighted by Gasteiger charge is -2.31. The zero-order valence-corrected chi connectivity index (χ0v) is 19.6. The van der Waals surface area contributed by atoms with E-state index in [0.717, 1.165) is 38.1 Å². The molecule has 35 heavy (non-hydrogen) atoms. The first-order valence-electron chi connectivity index (χ1n) is 11.1. The Morgan fingerprint density at radius 1 is 1.26 bits per heavy atom. The van der Waals surface area contributed by atoms with E-state index in [1.807, 2.05) is 4.90 Å². The highest BCUT2D eigenvalue weighted by atomic mass is 19.2. The lowest BCUT2D eigenvalue weighted by Crippen LogP contribution is -2.35. The molecule has 1 aromatic rings. The summed E-state index contributed by atoms with van der Waals surface area (Å²) in [6, 6.07) is -0.244. The maximum atomic E-state index is 13.2. The summed E-state index contributed by atoms with van der Waals surface area (Å²) in [5, 5.41) is 11.6. The van der Waals surface area contributed by atoms with E-state index in [-0.39, 0.29) is 24.9 Å². The van der Waals surface area contributed by atoms with E-state index < -0.39 is 23.4 Å². The third-order valence-corrected chi connectivity index (χ3v) is 5.31. The molecule has 3 heterocycles. The Morgan fingerprint density at radius 2 is 1.91 bits per heavy atom. The first-order chi connectivity index (χ1) is 16.7. The molecule has 0 spiro atoms. The summed E-state index contributed by atoms with van der Waals surface area (Å²) in [4.78, 5) is 25.1. The second-order valence-electron chi connectivity index (χ2n) is 8.07. The maximum Gasteiger partial charge on any atom is 0.303 e. The number of piperidine rings is 1. The molecule has 10 heteroatoms. The van der Waals surface area contributed by atoms with Crippen molar-refractivity contribution < 1.29 is 23.1 Å². The van der Waals surface area contributed by atoms with Gasteiger partial charge in [0.25, 0.3) is 0 Å². The molecular weight excluding hydrogens is 459 g/mol. The smallest absolute Gasteiger partial charge is 0.303 e. The van der Waals surface area contributed by atoms with Crippen LogP contribution in [0.2, 0.25) is 0 Å². The van der Waals surface area contributed by atoms with Crippen molar-refractivity contribution in [3.63, 3.8) is 0 Å². The minimum atomic E-state index is -0.845. The molecular formula is C25H30F3N5O2. The molecule has 0 amide bonds. The fraction of sp³-hybridized carbons (Fsp3) is 0.360. The fourth-order valence-corrected chi connectivity index (χ4v) is 3.34. The number of carboxylic acids is 1. The number of aromatic nitrogens is 2. The maximum absolute atomic E-state index is 13.2. The van der Waals surface area contributed by atoms with Gasteiger partial charge in [0.15, 0.2) is 11.7 Å². The van der Waals surface area contributed by atoms with E-state index >= 15 is 0 Å². The summed E-state index contributed by atoms with van der Waals surface area (Å²) in [6.45, 7) is 10.5. The molecule has 2 aliphatic rings. The first-order valence-corrected chi connectivity index (χ1v) is 11.1. The molecule has 0 aromatic carbocycles. The van der Waals surface area contributed by atoms with Gasteiger partial charge in [-0.1, -0.05) is 13.2 Å². The zero-order valence-electron chi connectivity index (χ0n) is 19.6. The van der Waals surface area contributed by atoms with Crippen LogP contribution in [0.15, 0.2) is 72.3 Å². The van der Waals surface area contributed by atoms with Crippen molar-refractivity contribution in [1.29, 1.82) is 0 Å². The van der Waals surface area contributed by atoms with Crippen LogP contribution in [0.25, 0.3) is 5.57 Å². The van der Waals surface area contributed by atoms with E-state index in [2.05, 4.69) is 33.4 Å². The molecule has 1 fully saturated rings. The summed E-state index contributed by atoms with van der Waals surface area (Å²) in [5.41, 5.74) is 1.13. The number of aliphatic carboxylic acids is 1. The van der Waals surface area contributed by atoms with Gasteiger partial charge in [0, 0.05) is 43.5 Å². The number of rotatable bonds is 6. The van der Waals surface area contributed by atoms with Crippen LogP contribution >= 0.6 is 0 Å². The van der Waals surface area contributed by atoms with Gasteiger partial charge in [-0.15, -0.1) is 0 Å². The van der Waals surface area contributed by atoms with Crippen molar-refractivity contribution in [1.82, 2.24) is 15.3 Å².